The van der Waals surface area contributed by atoms with E-state index in [9.17, 15) is 14.3 Å². The molecule has 1 fully saturated rings. The zero-order valence-corrected chi connectivity index (χ0v) is 21.8. The number of hydrogen-bond acceptors (Lipinski definition) is 5. The number of nitrogens with one attached hydrogen (secondary N) is 1. The summed E-state index contributed by atoms with van der Waals surface area (Å²) in [5.41, 5.74) is 6.35. The van der Waals surface area contributed by atoms with E-state index in [1.165, 1.54) is 18.3 Å². The van der Waals surface area contributed by atoms with Crippen molar-refractivity contribution in [3.05, 3.63) is 83.1 Å². The molecule has 1 aromatic carbocycles. The lowest BCUT2D eigenvalue weighted by Gasteiger charge is -2.44. The van der Waals surface area contributed by atoms with E-state index in [1.807, 2.05) is 13.0 Å². The number of carbonyl (C=O) groups is 1. The van der Waals surface area contributed by atoms with E-state index in [2.05, 4.69) is 15.3 Å². The van der Waals surface area contributed by atoms with Crippen molar-refractivity contribution in [3.63, 3.8) is 0 Å². The van der Waals surface area contributed by atoms with E-state index in [0.29, 0.717) is 24.1 Å². The van der Waals surface area contributed by atoms with Crippen LogP contribution >= 0.6 is 0 Å². The van der Waals surface area contributed by atoms with Crippen LogP contribution in [0.25, 0.3) is 16.8 Å². The first kappa shape index (κ1) is 27.0. The van der Waals surface area contributed by atoms with Gasteiger partial charge in [0.15, 0.2) is 0 Å². The quantitative estimate of drug-likeness (QED) is 0.373. The van der Waals surface area contributed by atoms with Crippen LogP contribution in [0.1, 0.15) is 73.5 Å². The van der Waals surface area contributed by atoms with Crippen LogP contribution in [0.4, 0.5) is 18.9 Å². The lowest BCUT2D eigenvalue weighted by Crippen LogP contribution is -2.54. The standard InChI is InChI=1S/C30H31F3N4O2/c1-16-11-19(14-26(34)30(16,2)39)20-9-10-35-15-25(20)37-29(38)24-8-7-21(31)28(36-24)27-22(32)12-18(13-23(27)33)17-5-3-4-6-17/h5,7-10,12-13,15-16,19,26,39H,3-4,6,11,14,34H2,1-2H3,(H,37,38)/t16-,19+,26+,30+/m0/s1. The highest BCUT2D eigenvalue weighted by atomic mass is 19.1. The number of carbonyl (C=O) groups excluding carboxylic acids is 1. The average Bonchev–Trinajstić information content (AvgIpc) is 3.43. The maximum Gasteiger partial charge on any atom is 0.274 e. The van der Waals surface area contributed by atoms with Gasteiger partial charge in [-0.05, 0) is 97.9 Å². The van der Waals surface area contributed by atoms with Gasteiger partial charge in [0, 0.05) is 12.2 Å². The van der Waals surface area contributed by atoms with E-state index < -0.39 is 46.3 Å². The van der Waals surface area contributed by atoms with Crippen LogP contribution in [0.5, 0.6) is 0 Å². The fourth-order valence-electron chi connectivity index (χ4n) is 5.64. The minimum absolute atomic E-state index is 0.0399. The first-order valence-electron chi connectivity index (χ1n) is 13.1. The predicted octanol–water partition coefficient (Wildman–Crippen LogP) is 5.97. The highest BCUT2D eigenvalue weighted by Gasteiger charge is 2.42. The smallest absolute Gasteiger partial charge is 0.274 e. The molecule has 2 heterocycles. The number of amides is 1. The molecule has 6 nitrogen and oxygen atoms in total. The van der Waals surface area contributed by atoms with Crippen molar-refractivity contribution in [2.24, 2.45) is 11.7 Å². The van der Waals surface area contributed by atoms with Crippen molar-refractivity contribution in [1.82, 2.24) is 9.97 Å². The Morgan fingerprint density at radius 3 is 2.54 bits per heavy atom. The lowest BCUT2D eigenvalue weighted by atomic mass is 9.68. The van der Waals surface area contributed by atoms with E-state index in [1.54, 1.807) is 19.2 Å². The molecule has 0 saturated heterocycles. The largest absolute Gasteiger partial charge is 0.388 e. The number of hydrogen-bond donors (Lipinski definition) is 3. The van der Waals surface area contributed by atoms with Crippen LogP contribution in [-0.4, -0.2) is 32.6 Å². The molecular weight excluding hydrogens is 505 g/mol. The summed E-state index contributed by atoms with van der Waals surface area (Å²) < 4.78 is 44.9. The maximum atomic E-state index is 15.1. The van der Waals surface area contributed by atoms with Crippen molar-refractivity contribution in [2.75, 3.05) is 5.32 Å². The Hall–Kier alpha value is -3.56. The van der Waals surface area contributed by atoms with Crippen molar-refractivity contribution in [3.8, 4) is 11.3 Å². The van der Waals surface area contributed by atoms with E-state index in [4.69, 9.17) is 5.73 Å². The molecule has 9 heteroatoms. The van der Waals surface area contributed by atoms with Crippen LogP contribution in [0.2, 0.25) is 0 Å². The number of nitrogens with zero attached hydrogens (tertiary/aromatic N) is 2. The zero-order chi connectivity index (χ0) is 27.9. The average molecular weight is 537 g/mol. The number of halogens is 3. The first-order valence-corrected chi connectivity index (χ1v) is 13.1. The molecule has 0 aliphatic heterocycles. The molecule has 1 amide bonds. The molecule has 4 N–H and O–H groups in total. The topological polar surface area (TPSA) is 101 Å². The summed E-state index contributed by atoms with van der Waals surface area (Å²) in [4.78, 5) is 21.3. The molecule has 204 valence electrons. The normalized spacial score (nSPS) is 24.9. The van der Waals surface area contributed by atoms with Crippen molar-refractivity contribution in [1.29, 1.82) is 0 Å². The van der Waals surface area contributed by atoms with Gasteiger partial charge in [-0.15, -0.1) is 0 Å². The van der Waals surface area contributed by atoms with Gasteiger partial charge >= 0.3 is 0 Å². The highest BCUT2D eigenvalue weighted by molar-refractivity contribution is 6.03. The molecule has 3 aromatic rings. The first-order chi connectivity index (χ1) is 18.6. The molecule has 2 aromatic heterocycles. The minimum atomic E-state index is -1.00. The van der Waals surface area contributed by atoms with Gasteiger partial charge in [0.1, 0.15) is 28.8 Å². The second kappa shape index (κ2) is 10.5. The molecule has 39 heavy (non-hydrogen) atoms. The molecule has 2 aliphatic carbocycles. The Labute approximate surface area is 225 Å². The molecule has 0 spiro atoms. The van der Waals surface area contributed by atoms with Crippen LogP contribution in [-0.2, 0) is 0 Å². The Kier molecular flexibility index (Phi) is 7.31. The third-order valence-corrected chi connectivity index (χ3v) is 8.24. The summed E-state index contributed by atoms with van der Waals surface area (Å²) in [5, 5.41) is 13.5. The third kappa shape index (κ3) is 5.21. The summed E-state index contributed by atoms with van der Waals surface area (Å²) in [5.74, 6) is -3.65. The number of pyridine rings is 2. The Morgan fingerprint density at radius 1 is 1.13 bits per heavy atom. The Balaban J connectivity index is 1.42. The lowest BCUT2D eigenvalue weighted by molar-refractivity contribution is -0.0463. The number of allylic oxidation sites excluding steroid dienone is 2. The zero-order valence-electron chi connectivity index (χ0n) is 21.8. The highest BCUT2D eigenvalue weighted by Crippen LogP contribution is 2.43. The second-order valence-electron chi connectivity index (χ2n) is 10.8. The molecule has 2 aliphatic rings. The second-order valence-corrected chi connectivity index (χ2v) is 10.8. The van der Waals surface area contributed by atoms with Crippen molar-refractivity contribution < 1.29 is 23.1 Å². The summed E-state index contributed by atoms with van der Waals surface area (Å²) in [6, 6.07) is 5.82. The van der Waals surface area contributed by atoms with Gasteiger partial charge in [-0.2, -0.15) is 0 Å². The molecule has 0 bridgehead atoms. The fourth-order valence-corrected chi connectivity index (χ4v) is 5.64. The Morgan fingerprint density at radius 2 is 1.87 bits per heavy atom. The van der Waals surface area contributed by atoms with Crippen LogP contribution in [0, 0.1) is 23.4 Å². The fraction of sp³-hybridized carbons (Fsp3) is 0.367. The predicted molar refractivity (Wildman–Crippen MR) is 143 cm³/mol. The van der Waals surface area contributed by atoms with Gasteiger partial charge in [-0.1, -0.05) is 13.0 Å². The van der Waals surface area contributed by atoms with Gasteiger partial charge in [-0.3, -0.25) is 9.78 Å². The Bertz CT molecular complexity index is 1420. The summed E-state index contributed by atoms with van der Waals surface area (Å²) in [6.07, 6.45) is 8.69. The SMILES string of the molecule is C[C@H]1C[C@@H](c2ccncc2NC(=O)c2ccc(F)c(-c3c(F)cc(C4=CCCC4)cc3F)n2)C[C@@H](N)[C@]1(C)O. The van der Waals surface area contributed by atoms with Gasteiger partial charge in [-0.25, -0.2) is 18.2 Å². The number of nitrogens with two attached hydrogens (primary N) is 1. The number of aliphatic hydroxyl groups is 1. The molecule has 1 saturated carbocycles. The summed E-state index contributed by atoms with van der Waals surface area (Å²) in [6.45, 7) is 3.67. The van der Waals surface area contributed by atoms with E-state index in [0.717, 1.165) is 42.5 Å². The maximum absolute atomic E-state index is 15.1. The van der Waals surface area contributed by atoms with Gasteiger partial charge in [0.25, 0.3) is 5.91 Å². The molecule has 4 atom stereocenters. The van der Waals surface area contributed by atoms with Gasteiger partial charge < -0.3 is 16.2 Å². The molecule has 0 unspecified atom stereocenters. The molecular formula is C30H31F3N4O2. The molecule has 5 rings (SSSR count). The number of aromatic nitrogens is 2. The third-order valence-electron chi connectivity index (χ3n) is 8.24. The number of rotatable bonds is 5. The number of anilines is 1. The molecule has 0 radical (unpaired) electrons. The van der Waals surface area contributed by atoms with Crippen LogP contribution < -0.4 is 11.1 Å². The van der Waals surface area contributed by atoms with Crippen LogP contribution in [0.3, 0.4) is 0 Å². The van der Waals surface area contributed by atoms with Crippen molar-refractivity contribution in [2.45, 2.75) is 63.5 Å². The summed E-state index contributed by atoms with van der Waals surface area (Å²) in [7, 11) is 0. The van der Waals surface area contributed by atoms with E-state index >= 15 is 8.78 Å². The van der Waals surface area contributed by atoms with Crippen molar-refractivity contribution >= 4 is 17.2 Å². The minimum Gasteiger partial charge on any atom is -0.388 e. The van der Waals surface area contributed by atoms with Gasteiger partial charge in [0.2, 0.25) is 0 Å². The number of benzene rings is 1. The van der Waals surface area contributed by atoms with Gasteiger partial charge in [0.05, 0.1) is 23.0 Å². The van der Waals surface area contributed by atoms with Crippen LogP contribution in [0.15, 0.2) is 48.8 Å². The summed E-state index contributed by atoms with van der Waals surface area (Å²) >= 11 is 0. The monoisotopic (exact) mass is 536 g/mol. The van der Waals surface area contributed by atoms with E-state index in [-0.39, 0.29) is 17.5 Å².